The van der Waals surface area contributed by atoms with Gasteiger partial charge in [0.1, 0.15) is 24.2 Å². The van der Waals surface area contributed by atoms with Crippen LogP contribution in [0.5, 0.6) is 11.5 Å². The number of benzene rings is 4. The smallest absolute Gasteiger partial charge is 0.197 e. The molecule has 4 aromatic carbocycles. The SMILES string of the molecule is CN(CC[C@H](Oc1ccc2ccccc2c1)c1cccs1)Cc1ccc2c(c1)C(=O)c1ccccc1CO2. The first-order chi connectivity index (χ1) is 18.6. The molecule has 5 heteroatoms. The predicted octanol–water partition coefficient (Wildman–Crippen LogP) is 7.67. The summed E-state index contributed by atoms with van der Waals surface area (Å²) in [7, 11) is 2.11. The second-order valence-electron chi connectivity index (χ2n) is 9.76. The normalized spacial score (nSPS) is 13.5. The summed E-state index contributed by atoms with van der Waals surface area (Å²) in [4.78, 5) is 16.8. The lowest BCUT2D eigenvalue weighted by molar-refractivity contribution is 0.103. The van der Waals surface area contributed by atoms with Gasteiger partial charge in [0.15, 0.2) is 5.78 Å². The maximum Gasteiger partial charge on any atom is 0.197 e. The van der Waals surface area contributed by atoms with Gasteiger partial charge in [-0.15, -0.1) is 11.3 Å². The van der Waals surface area contributed by atoms with Gasteiger partial charge >= 0.3 is 0 Å². The van der Waals surface area contributed by atoms with Gasteiger partial charge in [-0.1, -0.05) is 66.7 Å². The fourth-order valence-corrected chi connectivity index (χ4v) is 5.80. The van der Waals surface area contributed by atoms with Gasteiger partial charge in [-0.3, -0.25) is 4.79 Å². The van der Waals surface area contributed by atoms with Crippen LogP contribution in [0.1, 0.15) is 44.5 Å². The van der Waals surface area contributed by atoms with Crippen molar-refractivity contribution in [3.05, 3.63) is 130 Å². The van der Waals surface area contributed by atoms with Crippen molar-refractivity contribution < 1.29 is 14.3 Å². The van der Waals surface area contributed by atoms with Crippen LogP contribution in [0, 0.1) is 0 Å². The third-order valence-electron chi connectivity index (χ3n) is 7.02. The Hall–Kier alpha value is -3.93. The molecular formula is C33H29NO3S. The van der Waals surface area contributed by atoms with Crippen molar-refractivity contribution in [3.8, 4) is 11.5 Å². The van der Waals surface area contributed by atoms with E-state index in [0.29, 0.717) is 17.9 Å². The van der Waals surface area contributed by atoms with E-state index in [1.807, 2.05) is 36.4 Å². The van der Waals surface area contributed by atoms with Crippen molar-refractivity contribution in [3.63, 3.8) is 0 Å². The topological polar surface area (TPSA) is 38.8 Å². The molecule has 0 spiro atoms. The predicted molar refractivity (Wildman–Crippen MR) is 153 cm³/mol. The van der Waals surface area contributed by atoms with Crippen LogP contribution in [0.2, 0.25) is 0 Å². The molecule has 0 radical (unpaired) electrons. The minimum absolute atomic E-state index is 0.0270. The van der Waals surface area contributed by atoms with Crippen LogP contribution in [-0.4, -0.2) is 24.3 Å². The van der Waals surface area contributed by atoms with Crippen LogP contribution < -0.4 is 9.47 Å². The highest BCUT2D eigenvalue weighted by atomic mass is 32.1. The molecule has 0 aliphatic carbocycles. The maximum absolute atomic E-state index is 13.3. The molecule has 0 fully saturated rings. The minimum atomic E-state index is -0.0304. The van der Waals surface area contributed by atoms with E-state index in [-0.39, 0.29) is 11.9 Å². The average molecular weight is 520 g/mol. The van der Waals surface area contributed by atoms with Crippen LogP contribution >= 0.6 is 11.3 Å². The van der Waals surface area contributed by atoms with E-state index in [1.54, 1.807) is 11.3 Å². The summed E-state index contributed by atoms with van der Waals surface area (Å²) >= 11 is 1.73. The zero-order valence-electron chi connectivity index (χ0n) is 21.3. The van der Waals surface area contributed by atoms with E-state index >= 15 is 0 Å². The lowest BCUT2D eigenvalue weighted by Crippen LogP contribution is -2.22. The molecule has 0 bridgehead atoms. The van der Waals surface area contributed by atoms with Crippen molar-refractivity contribution in [2.45, 2.75) is 25.7 Å². The first-order valence-corrected chi connectivity index (χ1v) is 13.8. The summed E-state index contributed by atoms with van der Waals surface area (Å²) in [6, 6.07) is 32.5. The maximum atomic E-state index is 13.3. The number of hydrogen-bond acceptors (Lipinski definition) is 5. The summed E-state index contributed by atoms with van der Waals surface area (Å²) in [6.45, 7) is 1.99. The zero-order chi connectivity index (χ0) is 25.9. The molecule has 5 aromatic rings. The van der Waals surface area contributed by atoms with E-state index in [2.05, 4.69) is 78.0 Å². The number of ether oxygens (including phenoxy) is 2. The van der Waals surface area contributed by atoms with Gasteiger partial charge in [0.25, 0.3) is 0 Å². The molecule has 1 aliphatic heterocycles. The molecule has 2 heterocycles. The number of carbonyl (C=O) groups excluding carboxylic acids is 1. The van der Waals surface area contributed by atoms with Crippen molar-refractivity contribution in [1.82, 2.24) is 4.90 Å². The molecule has 38 heavy (non-hydrogen) atoms. The molecule has 0 unspecified atom stereocenters. The first-order valence-electron chi connectivity index (χ1n) is 12.9. The Morgan fingerprint density at radius 3 is 2.61 bits per heavy atom. The monoisotopic (exact) mass is 519 g/mol. The second kappa shape index (κ2) is 10.8. The molecule has 190 valence electrons. The Bertz CT molecular complexity index is 1580. The number of thiophene rings is 1. The van der Waals surface area contributed by atoms with Gasteiger partial charge in [-0.05, 0) is 59.1 Å². The van der Waals surface area contributed by atoms with Crippen molar-refractivity contribution in [2.24, 2.45) is 0 Å². The highest BCUT2D eigenvalue weighted by Crippen LogP contribution is 2.32. The van der Waals surface area contributed by atoms with Gasteiger partial charge in [0, 0.05) is 35.5 Å². The Morgan fingerprint density at radius 2 is 1.74 bits per heavy atom. The standard InChI is InChI=1S/C33H29NO3S/c1-34(21-23-12-15-30-29(19-23)33(35)28-10-5-4-9-26(28)22-36-30)17-16-31(32-11-6-18-38-32)37-27-14-13-24-7-2-3-8-25(24)20-27/h2-15,18-20,31H,16-17,21-22H2,1H3/t31-/m0/s1. The molecule has 6 rings (SSSR count). The van der Waals surface area contributed by atoms with Crippen LogP contribution in [0.25, 0.3) is 10.8 Å². The third kappa shape index (κ3) is 5.21. The second-order valence-corrected chi connectivity index (χ2v) is 10.7. The largest absolute Gasteiger partial charge is 0.488 e. The van der Waals surface area contributed by atoms with Gasteiger partial charge in [0.05, 0.1) is 5.56 Å². The van der Waals surface area contributed by atoms with Gasteiger partial charge in [-0.25, -0.2) is 0 Å². The number of ketones is 1. The summed E-state index contributed by atoms with van der Waals surface area (Å²) in [6.07, 6.45) is 0.821. The zero-order valence-corrected chi connectivity index (χ0v) is 22.1. The van der Waals surface area contributed by atoms with Gasteiger partial charge in [0.2, 0.25) is 0 Å². The number of nitrogens with zero attached hydrogens (tertiary/aromatic N) is 1. The fraction of sp³-hybridized carbons (Fsp3) is 0.182. The Morgan fingerprint density at radius 1 is 0.895 bits per heavy atom. The fourth-order valence-electron chi connectivity index (χ4n) is 5.01. The van der Waals surface area contributed by atoms with Gasteiger partial charge < -0.3 is 14.4 Å². The third-order valence-corrected chi connectivity index (χ3v) is 7.98. The number of rotatable bonds is 8. The number of fused-ring (bicyclic) bond motifs is 3. The van der Waals surface area contributed by atoms with Crippen LogP contribution in [-0.2, 0) is 13.2 Å². The lowest BCUT2D eigenvalue weighted by Gasteiger charge is -2.23. The Labute approximate surface area is 227 Å². The van der Waals surface area contributed by atoms with Crippen LogP contribution in [0.4, 0.5) is 0 Å². The highest BCUT2D eigenvalue weighted by Gasteiger charge is 2.23. The first kappa shape index (κ1) is 24.4. The lowest BCUT2D eigenvalue weighted by atomic mass is 9.98. The Kier molecular flexibility index (Phi) is 6.95. The summed E-state index contributed by atoms with van der Waals surface area (Å²) < 4.78 is 12.5. The van der Waals surface area contributed by atoms with E-state index < -0.39 is 0 Å². The summed E-state index contributed by atoms with van der Waals surface area (Å²) in [5, 5.41) is 4.49. The summed E-state index contributed by atoms with van der Waals surface area (Å²) in [5.41, 5.74) is 3.38. The quantitative estimate of drug-likeness (QED) is 0.211. The summed E-state index contributed by atoms with van der Waals surface area (Å²) in [5.74, 6) is 1.56. The van der Waals surface area contributed by atoms with E-state index in [1.165, 1.54) is 15.6 Å². The van der Waals surface area contributed by atoms with Gasteiger partial charge in [-0.2, -0.15) is 0 Å². The van der Waals surface area contributed by atoms with E-state index in [9.17, 15) is 4.79 Å². The molecule has 0 saturated carbocycles. The number of hydrogen-bond donors (Lipinski definition) is 0. The molecule has 0 N–H and O–H groups in total. The average Bonchev–Trinajstić information content (AvgIpc) is 3.45. The van der Waals surface area contributed by atoms with E-state index in [4.69, 9.17) is 9.47 Å². The highest BCUT2D eigenvalue weighted by molar-refractivity contribution is 7.10. The number of carbonyl (C=O) groups is 1. The van der Waals surface area contributed by atoms with Crippen molar-refractivity contribution in [2.75, 3.05) is 13.6 Å². The Balaban J connectivity index is 1.15. The molecule has 1 aromatic heterocycles. The molecule has 1 aliphatic rings. The molecule has 4 nitrogen and oxygen atoms in total. The molecule has 0 amide bonds. The molecular weight excluding hydrogens is 490 g/mol. The van der Waals surface area contributed by atoms with Crippen molar-refractivity contribution in [1.29, 1.82) is 0 Å². The van der Waals surface area contributed by atoms with Crippen molar-refractivity contribution >= 4 is 27.9 Å². The molecule has 0 saturated heterocycles. The molecule has 1 atom stereocenters. The van der Waals surface area contributed by atoms with Crippen LogP contribution in [0.15, 0.2) is 102 Å². The minimum Gasteiger partial charge on any atom is -0.488 e. The van der Waals surface area contributed by atoms with Crippen LogP contribution in [0.3, 0.4) is 0 Å². The van der Waals surface area contributed by atoms with E-state index in [0.717, 1.165) is 42.0 Å².